The second-order valence-electron chi connectivity index (χ2n) is 9.35. The van der Waals surface area contributed by atoms with Crippen LogP contribution in [-0.4, -0.2) is 55.0 Å². The van der Waals surface area contributed by atoms with E-state index >= 15 is 0 Å². The van der Waals surface area contributed by atoms with E-state index in [9.17, 15) is 14.0 Å². The summed E-state index contributed by atoms with van der Waals surface area (Å²) in [5, 5.41) is 2.02. The monoisotopic (exact) mass is 524 g/mol. The normalized spacial score (nSPS) is 15.6. The lowest BCUT2D eigenvalue weighted by molar-refractivity contribution is -0.135. The van der Waals surface area contributed by atoms with Crippen molar-refractivity contribution in [3.8, 4) is 11.5 Å². The Bertz CT molecular complexity index is 1210. The summed E-state index contributed by atoms with van der Waals surface area (Å²) in [6.07, 6.45) is 1.65. The number of hydrogen-bond acceptors (Lipinski definition) is 5. The summed E-state index contributed by atoms with van der Waals surface area (Å²) in [4.78, 5) is 31.8. The van der Waals surface area contributed by atoms with E-state index in [4.69, 9.17) is 9.47 Å². The van der Waals surface area contributed by atoms with Gasteiger partial charge in [0, 0.05) is 29.6 Å². The third-order valence-corrected chi connectivity index (χ3v) is 7.79. The summed E-state index contributed by atoms with van der Waals surface area (Å²) in [6, 6.07) is 14.7. The van der Waals surface area contributed by atoms with Crippen molar-refractivity contribution in [3.63, 3.8) is 0 Å². The first kappa shape index (κ1) is 26.7. The number of rotatable bonds is 10. The maximum absolute atomic E-state index is 13.7. The van der Waals surface area contributed by atoms with Crippen LogP contribution < -0.4 is 9.47 Å². The Kier molecular flexibility index (Phi) is 8.82. The summed E-state index contributed by atoms with van der Waals surface area (Å²) < 4.78 is 24.8. The molecule has 0 unspecified atom stereocenters. The first-order chi connectivity index (χ1) is 17.9. The Morgan fingerprint density at radius 3 is 2.65 bits per heavy atom. The van der Waals surface area contributed by atoms with Crippen LogP contribution in [0.15, 0.2) is 60.0 Å². The molecule has 0 bridgehead atoms. The minimum Gasteiger partial charge on any atom is -0.497 e. The van der Waals surface area contributed by atoms with Gasteiger partial charge < -0.3 is 19.3 Å². The molecule has 0 saturated carbocycles. The number of ether oxygens (including phenoxy) is 2. The van der Waals surface area contributed by atoms with Gasteiger partial charge >= 0.3 is 0 Å². The fourth-order valence-electron chi connectivity index (χ4n) is 4.50. The summed E-state index contributed by atoms with van der Waals surface area (Å²) in [6.45, 7) is 5.35. The molecule has 0 spiro atoms. The highest BCUT2D eigenvalue weighted by atomic mass is 32.1. The zero-order chi connectivity index (χ0) is 26.4. The maximum atomic E-state index is 13.7. The molecule has 3 aromatic rings. The Balaban J connectivity index is 1.54. The van der Waals surface area contributed by atoms with Crippen molar-refractivity contribution in [1.29, 1.82) is 0 Å². The number of carbonyl (C=O) groups excluding carboxylic acids is 2. The number of halogens is 1. The van der Waals surface area contributed by atoms with Crippen molar-refractivity contribution in [3.05, 3.63) is 81.8 Å². The van der Waals surface area contributed by atoms with Gasteiger partial charge in [0.15, 0.2) is 0 Å². The topological polar surface area (TPSA) is 59.1 Å². The molecule has 0 radical (unpaired) electrons. The molecule has 196 valence electrons. The smallest absolute Gasteiger partial charge is 0.254 e. The molecule has 1 aliphatic heterocycles. The molecule has 2 heterocycles. The van der Waals surface area contributed by atoms with Gasteiger partial charge in [0.25, 0.3) is 5.91 Å². The minimum atomic E-state index is -0.372. The van der Waals surface area contributed by atoms with Crippen LogP contribution in [0.4, 0.5) is 4.39 Å². The van der Waals surface area contributed by atoms with Crippen LogP contribution in [0.1, 0.15) is 47.1 Å². The highest BCUT2D eigenvalue weighted by Crippen LogP contribution is 2.34. The molecule has 0 fully saturated rings. The van der Waals surface area contributed by atoms with E-state index in [1.54, 1.807) is 64.6 Å². The highest BCUT2D eigenvalue weighted by Gasteiger charge is 2.34. The van der Waals surface area contributed by atoms with Crippen molar-refractivity contribution in [2.45, 2.75) is 32.7 Å². The van der Waals surface area contributed by atoms with Gasteiger partial charge in [-0.15, -0.1) is 11.3 Å². The lowest BCUT2D eigenvalue weighted by Gasteiger charge is -2.37. The molecule has 8 heteroatoms. The van der Waals surface area contributed by atoms with Crippen molar-refractivity contribution >= 4 is 23.2 Å². The average Bonchev–Trinajstić information content (AvgIpc) is 3.40. The van der Waals surface area contributed by atoms with E-state index in [-0.39, 0.29) is 42.7 Å². The summed E-state index contributed by atoms with van der Waals surface area (Å²) >= 11 is 1.67. The van der Waals surface area contributed by atoms with Crippen LogP contribution in [0.2, 0.25) is 0 Å². The fourth-order valence-corrected chi connectivity index (χ4v) is 5.43. The van der Waals surface area contributed by atoms with Crippen LogP contribution in [-0.2, 0) is 11.2 Å². The van der Waals surface area contributed by atoms with Gasteiger partial charge in [-0.05, 0) is 65.7 Å². The second-order valence-corrected chi connectivity index (χ2v) is 10.3. The van der Waals surface area contributed by atoms with Crippen LogP contribution in [0.25, 0.3) is 0 Å². The lowest BCUT2D eigenvalue weighted by Crippen LogP contribution is -2.48. The lowest BCUT2D eigenvalue weighted by atomic mass is 10.00. The molecule has 0 saturated heterocycles. The van der Waals surface area contributed by atoms with E-state index in [2.05, 4.69) is 13.8 Å². The fraction of sp³-hybridized carbons (Fsp3) is 0.379. The van der Waals surface area contributed by atoms with Gasteiger partial charge in [-0.25, -0.2) is 4.39 Å². The zero-order valence-electron chi connectivity index (χ0n) is 21.5. The van der Waals surface area contributed by atoms with E-state index in [1.807, 2.05) is 11.4 Å². The summed E-state index contributed by atoms with van der Waals surface area (Å²) in [5.41, 5.74) is 1.57. The third-order valence-electron chi connectivity index (χ3n) is 6.80. The summed E-state index contributed by atoms with van der Waals surface area (Å²) in [7, 11) is 1.58. The quantitative estimate of drug-likeness (QED) is 0.347. The Morgan fingerprint density at radius 2 is 1.95 bits per heavy atom. The molecule has 2 amide bonds. The molecular weight excluding hydrogens is 491 g/mol. The second kappa shape index (κ2) is 12.2. The minimum absolute atomic E-state index is 0.0227. The molecule has 1 aromatic heterocycles. The third kappa shape index (κ3) is 6.49. The number of fused-ring (bicyclic) bond motifs is 1. The summed E-state index contributed by atoms with van der Waals surface area (Å²) in [5.74, 6) is 0.645. The largest absolute Gasteiger partial charge is 0.497 e. The predicted molar refractivity (Wildman–Crippen MR) is 143 cm³/mol. The van der Waals surface area contributed by atoms with Crippen molar-refractivity contribution in [1.82, 2.24) is 9.80 Å². The van der Waals surface area contributed by atoms with Crippen LogP contribution in [0.3, 0.4) is 0 Å². The number of carbonyl (C=O) groups is 2. The molecule has 37 heavy (non-hydrogen) atoms. The number of amides is 2. The van der Waals surface area contributed by atoms with E-state index in [0.29, 0.717) is 30.2 Å². The molecule has 0 N–H and O–H groups in total. The Morgan fingerprint density at radius 1 is 1.16 bits per heavy atom. The van der Waals surface area contributed by atoms with E-state index in [1.165, 1.54) is 17.0 Å². The van der Waals surface area contributed by atoms with Gasteiger partial charge in [0.2, 0.25) is 5.91 Å². The number of hydrogen-bond donors (Lipinski definition) is 0. The van der Waals surface area contributed by atoms with Crippen LogP contribution in [0, 0.1) is 11.7 Å². The molecule has 2 aromatic carbocycles. The molecule has 1 aliphatic rings. The van der Waals surface area contributed by atoms with Gasteiger partial charge in [-0.3, -0.25) is 9.59 Å². The Hall–Kier alpha value is -3.39. The van der Waals surface area contributed by atoms with E-state index < -0.39 is 0 Å². The number of benzene rings is 2. The molecular formula is C29H33FN2O4S. The molecule has 4 rings (SSSR count). The maximum Gasteiger partial charge on any atom is 0.254 e. The zero-order valence-corrected chi connectivity index (χ0v) is 22.3. The predicted octanol–water partition coefficient (Wildman–Crippen LogP) is 5.59. The molecule has 2 atom stereocenters. The Labute approximate surface area is 221 Å². The molecule has 6 nitrogen and oxygen atoms in total. The SMILES string of the molecule is CC[C@@H](C)CN(CC(=O)N1CCc2sccc2[C@H]1COc1cccc(F)c1)C(=O)c1ccc(OC)cc1. The van der Waals surface area contributed by atoms with Gasteiger partial charge in [0.05, 0.1) is 13.2 Å². The first-order valence-electron chi connectivity index (χ1n) is 12.6. The van der Waals surface area contributed by atoms with Gasteiger partial charge in [-0.1, -0.05) is 26.3 Å². The van der Waals surface area contributed by atoms with Crippen molar-refractivity contribution in [2.75, 3.05) is 33.4 Å². The number of methoxy groups -OCH3 is 1. The van der Waals surface area contributed by atoms with E-state index in [0.717, 1.165) is 18.4 Å². The average molecular weight is 525 g/mol. The van der Waals surface area contributed by atoms with Gasteiger partial charge in [0.1, 0.15) is 30.5 Å². The van der Waals surface area contributed by atoms with Crippen LogP contribution >= 0.6 is 11.3 Å². The standard InChI is InChI=1S/C29H33FN2O4S/c1-4-20(2)17-31(29(34)21-8-10-23(35-3)11-9-21)18-28(33)32-14-12-27-25(13-15-37-27)26(32)19-36-24-7-5-6-22(30)16-24/h5-11,13,15-16,20,26H,4,12,14,17-19H2,1-3H3/t20-,26-/m1/s1. The van der Waals surface area contributed by atoms with Crippen molar-refractivity contribution < 1.29 is 23.5 Å². The highest BCUT2D eigenvalue weighted by molar-refractivity contribution is 7.10. The van der Waals surface area contributed by atoms with Crippen LogP contribution in [0.5, 0.6) is 11.5 Å². The van der Waals surface area contributed by atoms with Crippen molar-refractivity contribution in [2.24, 2.45) is 5.92 Å². The first-order valence-corrected chi connectivity index (χ1v) is 13.4. The van der Waals surface area contributed by atoms with Gasteiger partial charge in [-0.2, -0.15) is 0 Å². The number of thiophene rings is 1. The molecule has 0 aliphatic carbocycles. The number of nitrogens with zero attached hydrogens (tertiary/aromatic N) is 2.